The minimum atomic E-state index is -1.06. The summed E-state index contributed by atoms with van der Waals surface area (Å²) < 4.78 is 1.92. The van der Waals surface area contributed by atoms with Crippen LogP contribution in [0.15, 0.2) is 59.8 Å². The van der Waals surface area contributed by atoms with E-state index in [9.17, 15) is 14.4 Å². The highest BCUT2D eigenvalue weighted by Gasteiger charge is 2.21. The first-order chi connectivity index (χ1) is 16.2. The number of hydrogen-bond acceptors (Lipinski definition) is 6. The molecule has 1 aromatic heterocycles. The predicted molar refractivity (Wildman–Crippen MR) is 130 cm³/mol. The van der Waals surface area contributed by atoms with Crippen LogP contribution < -0.4 is 10.6 Å². The molecule has 1 atom stereocenters. The van der Waals surface area contributed by atoms with Gasteiger partial charge in [-0.05, 0) is 43.2 Å². The van der Waals surface area contributed by atoms with Crippen LogP contribution in [0.1, 0.15) is 53.4 Å². The number of nitrogens with zero attached hydrogens (tertiary/aromatic N) is 3. The Morgan fingerprint density at radius 3 is 2.38 bits per heavy atom. The molecule has 34 heavy (non-hydrogen) atoms. The summed E-state index contributed by atoms with van der Waals surface area (Å²) in [5.41, 5.74) is 1.06. The zero-order valence-corrected chi connectivity index (χ0v) is 20.0. The molecular formula is C24H27N5O4S. The molecule has 0 saturated heterocycles. The zero-order valence-electron chi connectivity index (χ0n) is 19.2. The lowest BCUT2D eigenvalue weighted by atomic mass is 10.2. The molecule has 2 aromatic carbocycles. The number of amides is 2. The number of nitrogens with one attached hydrogen (secondary N) is 2. The van der Waals surface area contributed by atoms with Crippen molar-refractivity contribution >= 4 is 35.2 Å². The Bertz CT molecular complexity index is 1160. The largest absolute Gasteiger partial charge is 0.478 e. The molecule has 0 bridgehead atoms. The fraction of sp³-hybridized carbons (Fsp3) is 0.292. The SMILES string of the molecule is CC(C)Cn1c(SCC(=O)Nc2cccc(C(=O)O)c2)nnc1[C@@H](C)NC(=O)c1ccccc1. The molecule has 3 N–H and O–H groups in total. The molecular weight excluding hydrogens is 454 g/mol. The van der Waals surface area contributed by atoms with Crippen molar-refractivity contribution < 1.29 is 19.5 Å². The number of carboxylic acid groups (broad SMARTS) is 1. The van der Waals surface area contributed by atoms with Crippen molar-refractivity contribution in [3.05, 3.63) is 71.5 Å². The Balaban J connectivity index is 1.68. The average molecular weight is 482 g/mol. The smallest absolute Gasteiger partial charge is 0.335 e. The normalized spacial score (nSPS) is 11.8. The van der Waals surface area contributed by atoms with E-state index in [1.807, 2.05) is 17.6 Å². The molecule has 0 aliphatic rings. The molecule has 3 rings (SSSR count). The maximum atomic E-state index is 12.6. The lowest BCUT2D eigenvalue weighted by Crippen LogP contribution is -2.29. The number of carboxylic acids is 1. The van der Waals surface area contributed by atoms with Crippen LogP contribution in [0.4, 0.5) is 5.69 Å². The topological polar surface area (TPSA) is 126 Å². The second kappa shape index (κ2) is 11.5. The van der Waals surface area contributed by atoms with Gasteiger partial charge < -0.3 is 20.3 Å². The van der Waals surface area contributed by atoms with Crippen molar-refractivity contribution in [1.82, 2.24) is 20.1 Å². The van der Waals surface area contributed by atoms with Crippen LogP contribution in [-0.2, 0) is 11.3 Å². The van der Waals surface area contributed by atoms with E-state index in [1.165, 1.54) is 23.9 Å². The number of carbonyl (C=O) groups is 3. The third-order valence-electron chi connectivity index (χ3n) is 4.79. The summed E-state index contributed by atoms with van der Waals surface area (Å²) in [6.07, 6.45) is 0. The second-order valence-corrected chi connectivity index (χ2v) is 9.07. The number of rotatable bonds is 10. The first-order valence-electron chi connectivity index (χ1n) is 10.8. The fourth-order valence-electron chi connectivity index (χ4n) is 3.26. The molecule has 0 spiro atoms. The monoisotopic (exact) mass is 481 g/mol. The minimum Gasteiger partial charge on any atom is -0.478 e. The summed E-state index contributed by atoms with van der Waals surface area (Å²) in [7, 11) is 0. The number of hydrogen-bond donors (Lipinski definition) is 3. The molecule has 3 aromatic rings. The Morgan fingerprint density at radius 1 is 1.00 bits per heavy atom. The molecule has 0 aliphatic carbocycles. The third kappa shape index (κ3) is 6.67. The van der Waals surface area contributed by atoms with Crippen molar-refractivity contribution in [2.24, 2.45) is 5.92 Å². The van der Waals surface area contributed by atoms with Crippen molar-refractivity contribution in [3.63, 3.8) is 0 Å². The van der Waals surface area contributed by atoms with Crippen molar-refractivity contribution in [3.8, 4) is 0 Å². The van der Waals surface area contributed by atoms with Gasteiger partial charge in [0.1, 0.15) is 0 Å². The van der Waals surface area contributed by atoms with Crippen molar-refractivity contribution in [2.75, 3.05) is 11.1 Å². The summed E-state index contributed by atoms with van der Waals surface area (Å²) in [6.45, 7) is 6.60. The van der Waals surface area contributed by atoms with Crippen molar-refractivity contribution in [2.45, 2.75) is 38.5 Å². The Labute approximate surface area is 202 Å². The van der Waals surface area contributed by atoms with Gasteiger partial charge in [-0.15, -0.1) is 10.2 Å². The summed E-state index contributed by atoms with van der Waals surface area (Å²) in [6, 6.07) is 14.6. The molecule has 0 fully saturated rings. The summed E-state index contributed by atoms with van der Waals surface area (Å²) in [5, 5.41) is 23.9. The first kappa shape index (κ1) is 25.0. The lowest BCUT2D eigenvalue weighted by molar-refractivity contribution is -0.113. The van der Waals surface area contributed by atoms with Gasteiger partial charge in [0.05, 0.1) is 17.4 Å². The molecule has 9 nitrogen and oxygen atoms in total. The van der Waals surface area contributed by atoms with Crippen LogP contribution in [0.2, 0.25) is 0 Å². The number of carbonyl (C=O) groups excluding carboxylic acids is 2. The molecule has 0 saturated carbocycles. The summed E-state index contributed by atoms with van der Waals surface area (Å²) >= 11 is 1.23. The van der Waals surface area contributed by atoms with Gasteiger partial charge in [-0.25, -0.2) is 4.79 Å². The van der Waals surface area contributed by atoms with Gasteiger partial charge in [-0.3, -0.25) is 9.59 Å². The first-order valence-corrected chi connectivity index (χ1v) is 11.8. The number of benzene rings is 2. The molecule has 0 unspecified atom stereocenters. The van der Waals surface area contributed by atoms with E-state index >= 15 is 0 Å². The van der Waals surface area contributed by atoms with Gasteiger partial charge >= 0.3 is 5.97 Å². The van der Waals surface area contributed by atoms with E-state index in [1.54, 1.807) is 36.4 Å². The van der Waals surface area contributed by atoms with Crippen LogP contribution in [0.3, 0.4) is 0 Å². The second-order valence-electron chi connectivity index (χ2n) is 8.13. The van der Waals surface area contributed by atoms with Gasteiger partial charge in [0.15, 0.2) is 11.0 Å². The number of thioether (sulfide) groups is 1. The average Bonchev–Trinajstić information content (AvgIpc) is 3.20. The highest BCUT2D eigenvalue weighted by Crippen LogP contribution is 2.23. The van der Waals surface area contributed by atoms with Crippen molar-refractivity contribution in [1.29, 1.82) is 0 Å². The number of anilines is 1. The molecule has 0 radical (unpaired) electrons. The third-order valence-corrected chi connectivity index (χ3v) is 5.76. The van der Waals surface area contributed by atoms with E-state index in [0.717, 1.165) is 0 Å². The van der Waals surface area contributed by atoms with Gasteiger partial charge in [-0.1, -0.05) is 49.9 Å². The highest BCUT2D eigenvalue weighted by molar-refractivity contribution is 7.99. The van der Waals surface area contributed by atoms with E-state index in [2.05, 4.69) is 34.7 Å². The van der Waals surface area contributed by atoms with Gasteiger partial charge in [0.25, 0.3) is 5.91 Å². The number of aromatic nitrogens is 3. The maximum absolute atomic E-state index is 12.6. The van der Waals surface area contributed by atoms with Gasteiger partial charge in [-0.2, -0.15) is 0 Å². The minimum absolute atomic E-state index is 0.0677. The highest BCUT2D eigenvalue weighted by atomic mass is 32.2. The van der Waals surface area contributed by atoms with Crippen LogP contribution in [0, 0.1) is 5.92 Å². The zero-order chi connectivity index (χ0) is 24.7. The predicted octanol–water partition coefficient (Wildman–Crippen LogP) is 3.85. The standard InChI is InChI=1S/C24H27N5O4S/c1-15(2)13-29-21(16(3)25-22(31)17-8-5-4-6-9-17)27-28-24(29)34-14-20(30)26-19-11-7-10-18(12-19)23(32)33/h4-12,15-16H,13-14H2,1-3H3,(H,25,31)(H,26,30)(H,32,33)/t16-/m1/s1. The van der Waals surface area contributed by atoms with Gasteiger partial charge in [0, 0.05) is 17.8 Å². The molecule has 0 aliphatic heterocycles. The van der Waals surface area contributed by atoms with Crippen LogP contribution in [-0.4, -0.2) is 43.4 Å². The lowest BCUT2D eigenvalue weighted by Gasteiger charge is -2.17. The Hall–Kier alpha value is -3.66. The number of aromatic carboxylic acids is 1. The molecule has 2 amide bonds. The fourth-order valence-corrected chi connectivity index (χ4v) is 4.01. The molecule has 1 heterocycles. The molecule has 178 valence electrons. The van der Waals surface area contributed by atoms with Gasteiger partial charge in [0.2, 0.25) is 5.91 Å². The quantitative estimate of drug-likeness (QED) is 0.375. The van der Waals surface area contributed by atoms with E-state index in [0.29, 0.717) is 34.7 Å². The van der Waals surface area contributed by atoms with Crippen LogP contribution in [0.25, 0.3) is 0 Å². The van der Waals surface area contributed by atoms with Crippen LogP contribution >= 0.6 is 11.8 Å². The summed E-state index contributed by atoms with van der Waals surface area (Å²) in [5.74, 6) is -0.594. The molecule has 10 heteroatoms. The Kier molecular flexibility index (Phi) is 8.42. The maximum Gasteiger partial charge on any atom is 0.335 e. The van der Waals surface area contributed by atoms with Crippen LogP contribution in [0.5, 0.6) is 0 Å². The summed E-state index contributed by atoms with van der Waals surface area (Å²) in [4.78, 5) is 36.1. The van der Waals surface area contributed by atoms with E-state index in [4.69, 9.17) is 5.11 Å². The van der Waals surface area contributed by atoms with E-state index in [-0.39, 0.29) is 29.2 Å². The Morgan fingerprint density at radius 2 is 1.71 bits per heavy atom. The van der Waals surface area contributed by atoms with E-state index < -0.39 is 5.97 Å².